The van der Waals surface area contributed by atoms with Crippen molar-refractivity contribution in [3.8, 4) is 0 Å². The fourth-order valence-electron chi connectivity index (χ4n) is 2.82. The van der Waals surface area contributed by atoms with Gasteiger partial charge in [0.1, 0.15) is 5.67 Å². The highest BCUT2D eigenvalue weighted by Crippen LogP contribution is 2.32. The van der Waals surface area contributed by atoms with E-state index >= 15 is 4.39 Å². The van der Waals surface area contributed by atoms with Crippen LogP contribution in [0.4, 0.5) is 4.39 Å². The molecule has 1 nitrogen and oxygen atoms in total. The summed E-state index contributed by atoms with van der Waals surface area (Å²) >= 11 is 0. The first-order valence-electron chi connectivity index (χ1n) is 8.82. The number of halogens is 1. The number of alkyl halides is 1. The standard InChI is InChI=1S/C22H32FN/c1-7-11-21-14-20(13-12-19(21)10-4)17(5)22(6,23)16-24-15-18(8-2)9-3/h8-10,12-14,17,24H,2,4,7,11,15-16H2,1,3,5-6H3/b18-9+. The van der Waals surface area contributed by atoms with E-state index in [1.165, 1.54) is 5.56 Å². The van der Waals surface area contributed by atoms with Crippen LogP contribution in [0, 0.1) is 0 Å². The van der Waals surface area contributed by atoms with E-state index in [4.69, 9.17) is 0 Å². The topological polar surface area (TPSA) is 12.0 Å². The van der Waals surface area contributed by atoms with Crippen molar-refractivity contribution in [1.29, 1.82) is 0 Å². The average molecular weight is 330 g/mol. The molecule has 1 rings (SSSR count). The Balaban J connectivity index is 2.86. The van der Waals surface area contributed by atoms with Crippen LogP contribution in [0.1, 0.15) is 56.7 Å². The van der Waals surface area contributed by atoms with E-state index in [9.17, 15) is 0 Å². The second-order valence-corrected chi connectivity index (χ2v) is 6.58. The van der Waals surface area contributed by atoms with Gasteiger partial charge in [0.2, 0.25) is 0 Å². The van der Waals surface area contributed by atoms with E-state index in [0.29, 0.717) is 13.1 Å². The van der Waals surface area contributed by atoms with Crippen LogP contribution in [0.15, 0.2) is 49.1 Å². The van der Waals surface area contributed by atoms with Gasteiger partial charge < -0.3 is 5.32 Å². The molecule has 0 radical (unpaired) electrons. The van der Waals surface area contributed by atoms with Gasteiger partial charge in [-0.25, -0.2) is 4.39 Å². The Morgan fingerprint density at radius 3 is 2.62 bits per heavy atom. The summed E-state index contributed by atoms with van der Waals surface area (Å²) in [6, 6.07) is 6.23. The van der Waals surface area contributed by atoms with Crippen molar-refractivity contribution in [3.63, 3.8) is 0 Å². The summed E-state index contributed by atoms with van der Waals surface area (Å²) < 4.78 is 15.2. The summed E-state index contributed by atoms with van der Waals surface area (Å²) in [5.41, 5.74) is 3.21. The number of aryl methyl sites for hydroxylation is 1. The summed E-state index contributed by atoms with van der Waals surface area (Å²) in [6.45, 7) is 16.3. The molecule has 0 spiro atoms. The third kappa shape index (κ3) is 5.45. The molecular formula is C22H32FN. The van der Waals surface area contributed by atoms with E-state index in [2.05, 4.69) is 37.5 Å². The second kappa shape index (κ2) is 9.58. The molecule has 0 saturated heterocycles. The van der Waals surface area contributed by atoms with E-state index in [-0.39, 0.29) is 5.92 Å². The molecule has 0 bridgehead atoms. The molecule has 0 amide bonds. The van der Waals surface area contributed by atoms with Crippen molar-refractivity contribution in [2.75, 3.05) is 13.1 Å². The Hall–Kier alpha value is -1.67. The summed E-state index contributed by atoms with van der Waals surface area (Å²) in [5.74, 6) is -0.183. The van der Waals surface area contributed by atoms with Crippen molar-refractivity contribution in [2.45, 2.75) is 52.1 Å². The lowest BCUT2D eigenvalue weighted by Crippen LogP contribution is -2.39. The number of hydrogen-bond acceptors (Lipinski definition) is 1. The van der Waals surface area contributed by atoms with Gasteiger partial charge in [-0.05, 0) is 42.5 Å². The summed E-state index contributed by atoms with van der Waals surface area (Å²) in [7, 11) is 0. The minimum Gasteiger partial charge on any atom is -0.309 e. The molecular weight excluding hydrogens is 297 g/mol. The molecule has 2 unspecified atom stereocenters. The van der Waals surface area contributed by atoms with Crippen molar-refractivity contribution in [1.82, 2.24) is 5.32 Å². The first-order chi connectivity index (χ1) is 11.4. The van der Waals surface area contributed by atoms with Crippen molar-refractivity contribution in [3.05, 3.63) is 65.8 Å². The first-order valence-corrected chi connectivity index (χ1v) is 8.82. The molecule has 24 heavy (non-hydrogen) atoms. The molecule has 0 fully saturated rings. The number of hydrogen-bond donors (Lipinski definition) is 1. The molecule has 132 valence electrons. The zero-order valence-corrected chi connectivity index (χ0v) is 15.7. The van der Waals surface area contributed by atoms with Gasteiger partial charge in [0.15, 0.2) is 0 Å². The van der Waals surface area contributed by atoms with Gasteiger partial charge in [-0.15, -0.1) is 0 Å². The highest BCUT2D eigenvalue weighted by Gasteiger charge is 2.31. The van der Waals surface area contributed by atoms with Crippen molar-refractivity contribution >= 4 is 6.08 Å². The van der Waals surface area contributed by atoms with Crippen LogP contribution in [0.2, 0.25) is 0 Å². The molecule has 0 aliphatic carbocycles. The maximum absolute atomic E-state index is 15.2. The fraction of sp³-hybridized carbons (Fsp3) is 0.455. The molecule has 2 atom stereocenters. The van der Waals surface area contributed by atoms with Gasteiger partial charge in [0, 0.05) is 19.0 Å². The van der Waals surface area contributed by atoms with Crippen LogP contribution >= 0.6 is 0 Å². The van der Waals surface area contributed by atoms with Gasteiger partial charge in [-0.2, -0.15) is 0 Å². The van der Waals surface area contributed by atoms with Crippen LogP contribution in [0.25, 0.3) is 6.08 Å². The fourth-order valence-corrected chi connectivity index (χ4v) is 2.82. The van der Waals surface area contributed by atoms with Gasteiger partial charge >= 0.3 is 0 Å². The van der Waals surface area contributed by atoms with Gasteiger partial charge in [-0.1, -0.05) is 69.9 Å². The summed E-state index contributed by atoms with van der Waals surface area (Å²) in [6.07, 6.45) is 7.73. The average Bonchev–Trinajstić information content (AvgIpc) is 2.58. The smallest absolute Gasteiger partial charge is 0.127 e. The summed E-state index contributed by atoms with van der Waals surface area (Å²) in [5, 5.41) is 3.21. The van der Waals surface area contributed by atoms with E-state index in [1.807, 2.05) is 32.1 Å². The zero-order valence-electron chi connectivity index (χ0n) is 15.7. The van der Waals surface area contributed by atoms with Crippen LogP contribution in [-0.2, 0) is 6.42 Å². The number of rotatable bonds is 10. The van der Waals surface area contributed by atoms with Gasteiger partial charge in [0.25, 0.3) is 0 Å². The lowest BCUT2D eigenvalue weighted by Gasteiger charge is -2.29. The molecule has 0 heterocycles. The number of benzene rings is 1. The Morgan fingerprint density at radius 2 is 2.08 bits per heavy atom. The van der Waals surface area contributed by atoms with Crippen molar-refractivity contribution < 1.29 is 4.39 Å². The maximum Gasteiger partial charge on any atom is 0.127 e. The Labute approximate surface area is 147 Å². The third-order valence-corrected chi connectivity index (χ3v) is 4.74. The van der Waals surface area contributed by atoms with Crippen LogP contribution in [0.5, 0.6) is 0 Å². The van der Waals surface area contributed by atoms with Crippen LogP contribution in [0.3, 0.4) is 0 Å². The minimum atomic E-state index is -1.32. The molecule has 2 heteroatoms. The molecule has 0 aromatic heterocycles. The van der Waals surface area contributed by atoms with Crippen molar-refractivity contribution in [2.24, 2.45) is 0 Å². The largest absolute Gasteiger partial charge is 0.309 e. The Kier molecular flexibility index (Phi) is 8.14. The van der Waals surface area contributed by atoms with Gasteiger partial charge in [-0.3, -0.25) is 0 Å². The highest BCUT2D eigenvalue weighted by atomic mass is 19.1. The van der Waals surface area contributed by atoms with E-state index < -0.39 is 5.67 Å². The lowest BCUT2D eigenvalue weighted by atomic mass is 9.84. The lowest BCUT2D eigenvalue weighted by molar-refractivity contribution is 0.152. The monoisotopic (exact) mass is 329 g/mol. The third-order valence-electron chi connectivity index (χ3n) is 4.74. The highest BCUT2D eigenvalue weighted by molar-refractivity contribution is 5.53. The van der Waals surface area contributed by atoms with Crippen LogP contribution in [-0.4, -0.2) is 18.8 Å². The maximum atomic E-state index is 15.2. The van der Waals surface area contributed by atoms with E-state index in [0.717, 1.165) is 29.5 Å². The minimum absolute atomic E-state index is 0.183. The van der Waals surface area contributed by atoms with E-state index in [1.54, 1.807) is 13.0 Å². The molecule has 1 aromatic rings. The summed E-state index contributed by atoms with van der Waals surface area (Å²) in [4.78, 5) is 0. The Morgan fingerprint density at radius 1 is 1.38 bits per heavy atom. The number of nitrogens with one attached hydrogen (secondary N) is 1. The zero-order chi connectivity index (χ0) is 18.2. The predicted octanol–water partition coefficient (Wildman–Crippen LogP) is 5.84. The first kappa shape index (κ1) is 20.4. The SMILES string of the molecule is C=C/C(=C\C)CNCC(C)(F)C(C)c1ccc(C=C)c(CCC)c1. The quantitative estimate of drug-likeness (QED) is 0.532. The molecule has 1 aromatic carbocycles. The van der Waals surface area contributed by atoms with Gasteiger partial charge in [0.05, 0.1) is 0 Å². The molecule has 1 N–H and O–H groups in total. The Bertz CT molecular complexity index is 584. The molecule has 0 aliphatic heterocycles. The second-order valence-electron chi connectivity index (χ2n) is 6.58. The van der Waals surface area contributed by atoms with Crippen LogP contribution < -0.4 is 5.32 Å². The molecule has 0 aliphatic rings. The number of allylic oxidation sites excluding steroid dienone is 1. The normalized spacial score (nSPS) is 15.6. The molecule has 0 saturated carbocycles. The predicted molar refractivity (Wildman–Crippen MR) is 105 cm³/mol.